The Kier molecular flexibility index (Phi) is 6.54. The van der Waals surface area contributed by atoms with Gasteiger partial charge >= 0.3 is 0 Å². The summed E-state index contributed by atoms with van der Waals surface area (Å²) in [7, 11) is -2.28. The number of hydrogen-bond acceptors (Lipinski definition) is 4. The lowest BCUT2D eigenvalue weighted by Crippen LogP contribution is -2.29. The first-order valence-electron chi connectivity index (χ1n) is 6.49. The van der Waals surface area contributed by atoms with Gasteiger partial charge in [0.25, 0.3) is 0 Å². The van der Waals surface area contributed by atoms with Crippen LogP contribution in [0.3, 0.4) is 0 Å². The van der Waals surface area contributed by atoms with Crippen molar-refractivity contribution in [3.8, 4) is 0 Å². The highest BCUT2D eigenvalue weighted by Gasteiger charge is 2.24. The molecule has 5 nitrogen and oxygen atoms in total. The van der Waals surface area contributed by atoms with Crippen LogP contribution in [0.1, 0.15) is 24.8 Å². The molecule has 0 aromatic heterocycles. The van der Waals surface area contributed by atoms with Crippen LogP contribution in [0.15, 0.2) is 23.1 Å². The third-order valence-electron chi connectivity index (χ3n) is 3.10. The molecule has 7 heteroatoms. The lowest BCUT2D eigenvalue weighted by atomic mass is 10.2. The van der Waals surface area contributed by atoms with Crippen LogP contribution in [-0.4, -0.2) is 38.0 Å². The van der Waals surface area contributed by atoms with E-state index in [1.54, 1.807) is 0 Å². The number of nitrogens with zero attached hydrogens (tertiary/aromatic N) is 1. The fourth-order valence-corrected chi connectivity index (χ4v) is 3.34. The fraction of sp³-hybridized carbons (Fsp3) is 0.538. The average molecular weight is 304 g/mol. The first kappa shape index (κ1) is 17.0. The molecule has 1 aromatic carbocycles. The van der Waals surface area contributed by atoms with Crippen LogP contribution in [0.25, 0.3) is 0 Å². The number of sulfonamides is 1. The Hall–Kier alpha value is -1.02. The molecule has 0 aliphatic rings. The van der Waals surface area contributed by atoms with E-state index in [2.05, 4.69) is 0 Å². The maximum absolute atomic E-state index is 13.6. The van der Waals surface area contributed by atoms with Gasteiger partial charge in [-0.15, -0.1) is 0 Å². The molecule has 20 heavy (non-hydrogen) atoms. The summed E-state index contributed by atoms with van der Waals surface area (Å²) in [5.74, 6) is -0.609. The second-order valence-electron chi connectivity index (χ2n) is 4.53. The van der Waals surface area contributed by atoms with Gasteiger partial charge in [-0.05, 0) is 31.4 Å². The zero-order chi connectivity index (χ0) is 15.2. The number of rotatable bonds is 8. The van der Waals surface area contributed by atoms with Gasteiger partial charge in [-0.2, -0.15) is 0 Å². The molecule has 0 spiro atoms. The number of hydrogen-bond donors (Lipinski definition) is 2. The van der Waals surface area contributed by atoms with Crippen LogP contribution < -0.4 is 5.73 Å². The third-order valence-corrected chi connectivity index (χ3v) is 5.04. The number of aliphatic hydroxyl groups is 1. The summed E-state index contributed by atoms with van der Waals surface area (Å²) in [5, 5.41) is 8.68. The number of nitrogens with two attached hydrogens (primary N) is 1. The van der Waals surface area contributed by atoms with Gasteiger partial charge in [-0.1, -0.05) is 6.07 Å². The van der Waals surface area contributed by atoms with Gasteiger partial charge in [-0.3, -0.25) is 0 Å². The number of unbranched alkanes of at least 4 members (excludes halogenated alkanes) is 2. The van der Waals surface area contributed by atoms with E-state index in [9.17, 15) is 12.8 Å². The number of benzene rings is 1. The van der Waals surface area contributed by atoms with Crippen molar-refractivity contribution in [3.63, 3.8) is 0 Å². The van der Waals surface area contributed by atoms with Gasteiger partial charge in [0.05, 0.1) is 4.90 Å². The van der Waals surface area contributed by atoms with E-state index in [0.717, 1.165) is 6.42 Å². The molecule has 0 aliphatic heterocycles. The van der Waals surface area contributed by atoms with Gasteiger partial charge < -0.3 is 10.8 Å². The Balaban J connectivity index is 2.90. The Morgan fingerprint density at radius 2 is 2.00 bits per heavy atom. The summed E-state index contributed by atoms with van der Waals surface area (Å²) in [5.41, 5.74) is 5.45. The van der Waals surface area contributed by atoms with Crippen molar-refractivity contribution >= 4 is 10.0 Å². The zero-order valence-electron chi connectivity index (χ0n) is 11.5. The molecule has 0 saturated heterocycles. The van der Waals surface area contributed by atoms with Crippen molar-refractivity contribution in [1.29, 1.82) is 0 Å². The van der Waals surface area contributed by atoms with Crippen LogP contribution in [0, 0.1) is 5.82 Å². The van der Waals surface area contributed by atoms with Gasteiger partial charge in [0, 0.05) is 32.3 Å². The number of halogens is 1. The fourth-order valence-electron chi connectivity index (χ4n) is 1.89. The highest BCUT2D eigenvalue weighted by atomic mass is 32.2. The normalized spacial score (nSPS) is 12.1. The molecule has 0 bridgehead atoms. The molecule has 0 atom stereocenters. The monoisotopic (exact) mass is 304 g/mol. The molecule has 0 saturated carbocycles. The lowest BCUT2D eigenvalue weighted by Gasteiger charge is -2.19. The Bertz CT molecular complexity index is 534. The van der Waals surface area contributed by atoms with Crippen molar-refractivity contribution in [1.82, 2.24) is 4.31 Å². The summed E-state index contributed by atoms with van der Waals surface area (Å²) >= 11 is 0. The van der Waals surface area contributed by atoms with Crippen molar-refractivity contribution in [2.45, 2.75) is 30.7 Å². The van der Waals surface area contributed by atoms with E-state index in [-0.39, 0.29) is 23.6 Å². The summed E-state index contributed by atoms with van der Waals surface area (Å²) in [6.07, 6.45) is 2.02. The van der Waals surface area contributed by atoms with E-state index in [1.807, 2.05) is 0 Å². The first-order valence-corrected chi connectivity index (χ1v) is 7.93. The largest absolute Gasteiger partial charge is 0.396 e. The van der Waals surface area contributed by atoms with Gasteiger partial charge in [-0.25, -0.2) is 17.1 Å². The third kappa shape index (κ3) is 3.99. The molecule has 0 unspecified atom stereocenters. The minimum absolute atomic E-state index is 0.00899. The molecule has 114 valence electrons. The topological polar surface area (TPSA) is 83.6 Å². The van der Waals surface area contributed by atoms with Gasteiger partial charge in [0.15, 0.2) is 0 Å². The minimum atomic E-state index is -3.74. The molecule has 1 aromatic rings. The smallest absolute Gasteiger partial charge is 0.243 e. The highest BCUT2D eigenvalue weighted by molar-refractivity contribution is 7.89. The molecular formula is C13H21FN2O3S. The number of aliphatic hydroxyl groups excluding tert-OH is 1. The van der Waals surface area contributed by atoms with Crippen LogP contribution in [0.5, 0.6) is 0 Å². The summed E-state index contributed by atoms with van der Waals surface area (Å²) in [4.78, 5) is -0.0790. The van der Waals surface area contributed by atoms with Crippen LogP contribution >= 0.6 is 0 Å². The zero-order valence-corrected chi connectivity index (χ0v) is 12.4. The molecule has 1 rings (SSSR count). The molecule has 0 fully saturated rings. The van der Waals surface area contributed by atoms with E-state index >= 15 is 0 Å². The summed E-state index contributed by atoms with van der Waals surface area (Å²) in [6, 6.07) is 3.92. The summed E-state index contributed by atoms with van der Waals surface area (Å²) in [6.45, 7) is 0.250. The Labute approximate surface area is 119 Å². The van der Waals surface area contributed by atoms with Crippen LogP contribution in [-0.2, 0) is 16.6 Å². The molecule has 0 heterocycles. The maximum Gasteiger partial charge on any atom is 0.243 e. The molecule has 3 N–H and O–H groups in total. The van der Waals surface area contributed by atoms with Crippen molar-refractivity contribution in [3.05, 3.63) is 29.6 Å². The predicted octanol–water partition coefficient (Wildman–Crippen LogP) is 1.07. The molecule has 0 aliphatic carbocycles. The summed E-state index contributed by atoms with van der Waals surface area (Å²) < 4.78 is 39.6. The second kappa shape index (κ2) is 7.68. The quantitative estimate of drug-likeness (QED) is 0.704. The van der Waals surface area contributed by atoms with Crippen molar-refractivity contribution < 1.29 is 17.9 Å². The van der Waals surface area contributed by atoms with Gasteiger partial charge in [0.1, 0.15) is 5.82 Å². The molecule has 0 amide bonds. The van der Waals surface area contributed by atoms with Gasteiger partial charge in [0.2, 0.25) is 10.0 Å². The first-order chi connectivity index (χ1) is 9.45. The van der Waals surface area contributed by atoms with E-state index in [1.165, 1.54) is 29.6 Å². The van der Waals surface area contributed by atoms with E-state index in [4.69, 9.17) is 10.8 Å². The average Bonchev–Trinajstić information content (AvgIpc) is 2.43. The van der Waals surface area contributed by atoms with E-state index in [0.29, 0.717) is 19.4 Å². The van der Waals surface area contributed by atoms with Crippen molar-refractivity contribution in [2.24, 2.45) is 5.73 Å². The van der Waals surface area contributed by atoms with Crippen molar-refractivity contribution in [2.75, 3.05) is 20.2 Å². The van der Waals surface area contributed by atoms with E-state index < -0.39 is 15.8 Å². The maximum atomic E-state index is 13.6. The lowest BCUT2D eigenvalue weighted by molar-refractivity contribution is 0.281. The second-order valence-corrected chi connectivity index (χ2v) is 6.54. The molecule has 0 radical (unpaired) electrons. The predicted molar refractivity (Wildman–Crippen MR) is 75.0 cm³/mol. The standard InChI is InChI=1S/C13H21FN2O3S/c1-16(8-3-2-4-9-17)20(18,19)13-7-5-6-12(14)11(13)10-15/h5-7,17H,2-4,8-10,15H2,1H3. The SMILES string of the molecule is CN(CCCCCO)S(=O)(=O)c1cccc(F)c1CN. The minimum Gasteiger partial charge on any atom is -0.396 e. The Morgan fingerprint density at radius 3 is 2.60 bits per heavy atom. The highest BCUT2D eigenvalue weighted by Crippen LogP contribution is 2.21. The Morgan fingerprint density at radius 1 is 1.30 bits per heavy atom. The van der Waals surface area contributed by atoms with Crippen LogP contribution in [0.2, 0.25) is 0 Å². The van der Waals surface area contributed by atoms with Crippen LogP contribution in [0.4, 0.5) is 4.39 Å². The molecular weight excluding hydrogens is 283 g/mol.